The summed E-state index contributed by atoms with van der Waals surface area (Å²) in [4.78, 5) is 12.1. The van der Waals surface area contributed by atoms with Gasteiger partial charge in [-0.3, -0.25) is 0 Å². The van der Waals surface area contributed by atoms with Gasteiger partial charge in [0, 0.05) is 22.1 Å². The molecule has 0 radical (unpaired) electrons. The fourth-order valence-electron chi connectivity index (χ4n) is 5.01. The number of nitrogens with one attached hydrogen (secondary N) is 2. The van der Waals surface area contributed by atoms with Gasteiger partial charge in [0.25, 0.3) is 0 Å². The van der Waals surface area contributed by atoms with E-state index in [2.05, 4.69) is 103 Å². The number of rotatable bonds is 2. The van der Waals surface area contributed by atoms with E-state index in [9.17, 15) is 0 Å². The Morgan fingerprint density at radius 3 is 1.91 bits per heavy atom. The van der Waals surface area contributed by atoms with Crippen LogP contribution in [-0.2, 0) is 12.8 Å². The van der Waals surface area contributed by atoms with Crippen molar-refractivity contribution in [3.8, 4) is 22.3 Å². The van der Waals surface area contributed by atoms with E-state index in [4.69, 9.17) is 4.98 Å². The molecule has 1 aliphatic heterocycles. The van der Waals surface area contributed by atoms with Crippen LogP contribution < -0.4 is 0 Å². The molecular weight excluding hydrogens is 390 g/mol. The molecule has 6 rings (SSSR count). The molecular formula is C29H25N3. The van der Waals surface area contributed by atoms with Gasteiger partial charge in [-0.2, -0.15) is 0 Å². The minimum absolute atomic E-state index is 0.985. The van der Waals surface area contributed by atoms with Crippen LogP contribution in [-0.4, -0.2) is 15.0 Å². The van der Waals surface area contributed by atoms with Gasteiger partial charge in [0.2, 0.25) is 0 Å². The summed E-state index contributed by atoms with van der Waals surface area (Å²) in [6.07, 6.45) is 6.20. The first-order valence-electron chi connectivity index (χ1n) is 11.4. The van der Waals surface area contributed by atoms with Gasteiger partial charge < -0.3 is 9.97 Å². The minimum atomic E-state index is 0.985. The number of nitrogens with zero attached hydrogens (tertiary/aromatic N) is 1. The molecule has 2 N–H and O–H groups in total. The Morgan fingerprint density at radius 1 is 0.625 bits per heavy atom. The number of fused-ring (bicyclic) bond motifs is 11. The molecule has 8 bridgehead atoms. The summed E-state index contributed by atoms with van der Waals surface area (Å²) in [6, 6.07) is 24.0. The summed E-state index contributed by atoms with van der Waals surface area (Å²) in [5.74, 6) is 0. The van der Waals surface area contributed by atoms with Crippen LogP contribution in [0.25, 0.3) is 56.5 Å². The van der Waals surface area contributed by atoms with Crippen LogP contribution in [0.4, 0.5) is 0 Å². The van der Waals surface area contributed by atoms with E-state index in [1.165, 1.54) is 38.9 Å². The SMILES string of the molecule is CCc1c(CC)c2cc3ccc(cc4cc(cc5nc(cc1[nH]2)C=C5)-c1ccccc1-4)[nH]3. The van der Waals surface area contributed by atoms with Gasteiger partial charge >= 0.3 is 0 Å². The van der Waals surface area contributed by atoms with Crippen molar-refractivity contribution < 1.29 is 0 Å². The lowest BCUT2D eigenvalue weighted by Gasteiger charge is -2.00. The first kappa shape index (κ1) is 18.9. The maximum absolute atomic E-state index is 4.90. The summed E-state index contributed by atoms with van der Waals surface area (Å²) in [7, 11) is 0. The third-order valence-corrected chi connectivity index (χ3v) is 6.47. The van der Waals surface area contributed by atoms with E-state index in [-0.39, 0.29) is 0 Å². The Morgan fingerprint density at radius 2 is 1.22 bits per heavy atom. The van der Waals surface area contributed by atoms with Crippen molar-refractivity contribution in [1.29, 1.82) is 0 Å². The molecule has 0 saturated carbocycles. The number of hydrogen-bond donors (Lipinski definition) is 2. The summed E-state index contributed by atoms with van der Waals surface area (Å²) in [6.45, 7) is 4.45. The number of aryl methyl sites for hydroxylation is 2. The minimum Gasteiger partial charge on any atom is -0.355 e. The lowest BCUT2D eigenvalue weighted by molar-refractivity contribution is 1.07. The zero-order valence-corrected chi connectivity index (χ0v) is 18.4. The van der Waals surface area contributed by atoms with E-state index in [0.29, 0.717) is 0 Å². The van der Waals surface area contributed by atoms with Crippen LogP contribution in [0.2, 0.25) is 0 Å². The molecule has 0 spiro atoms. The van der Waals surface area contributed by atoms with E-state index in [1.807, 2.05) is 0 Å². The smallest absolute Gasteiger partial charge is 0.0658 e. The molecule has 1 aliphatic carbocycles. The van der Waals surface area contributed by atoms with E-state index in [0.717, 1.165) is 40.8 Å². The van der Waals surface area contributed by atoms with Crippen molar-refractivity contribution in [2.45, 2.75) is 26.7 Å². The predicted molar refractivity (Wildman–Crippen MR) is 135 cm³/mol. The lowest BCUT2D eigenvalue weighted by Crippen LogP contribution is -1.85. The second kappa shape index (κ2) is 7.38. The standard InChI is InChI=1S/C29H25N3/c1-3-24-25(4-2)29-17-23-12-10-21(31-23)15-19-13-18(26-7-5-6-8-27(19)26)14-20-9-11-22(30-20)16-28(24)32-29/h5-17,30,32H,3-4H2,1-2H3. The number of benzene rings is 1. The molecule has 0 fully saturated rings. The van der Waals surface area contributed by atoms with Gasteiger partial charge in [-0.05, 0) is 101 Å². The molecule has 4 aromatic rings. The second-order valence-corrected chi connectivity index (χ2v) is 8.46. The van der Waals surface area contributed by atoms with Crippen molar-refractivity contribution in [3.63, 3.8) is 0 Å². The lowest BCUT2D eigenvalue weighted by atomic mass is 10.0. The van der Waals surface area contributed by atoms with Crippen LogP contribution in [0.1, 0.15) is 36.4 Å². The zero-order valence-electron chi connectivity index (χ0n) is 18.4. The highest BCUT2D eigenvalue weighted by Gasteiger charge is 2.14. The molecule has 1 aromatic carbocycles. The summed E-state index contributed by atoms with van der Waals surface area (Å²) < 4.78 is 0. The molecule has 3 heteroatoms. The molecule has 0 amide bonds. The van der Waals surface area contributed by atoms with Gasteiger partial charge in [-0.1, -0.05) is 38.1 Å². The number of aromatic nitrogens is 3. The Balaban J connectivity index is 1.73. The Hall–Kier alpha value is -3.85. The fraction of sp³-hybridized carbons (Fsp3) is 0.138. The highest BCUT2D eigenvalue weighted by Crippen LogP contribution is 2.39. The second-order valence-electron chi connectivity index (χ2n) is 8.46. The molecule has 3 nitrogen and oxygen atoms in total. The summed E-state index contributed by atoms with van der Waals surface area (Å²) in [5.41, 5.74) is 14.2. The van der Waals surface area contributed by atoms with Gasteiger partial charge in [0.15, 0.2) is 0 Å². The largest absolute Gasteiger partial charge is 0.355 e. The third kappa shape index (κ3) is 3.09. The fourth-order valence-corrected chi connectivity index (χ4v) is 5.01. The normalized spacial score (nSPS) is 12.2. The average Bonchev–Trinajstić information content (AvgIpc) is 3.57. The van der Waals surface area contributed by atoms with Gasteiger partial charge in [-0.15, -0.1) is 0 Å². The average molecular weight is 416 g/mol. The van der Waals surface area contributed by atoms with Crippen LogP contribution in [0, 0.1) is 0 Å². The van der Waals surface area contributed by atoms with E-state index >= 15 is 0 Å². The van der Waals surface area contributed by atoms with Crippen LogP contribution in [0.3, 0.4) is 0 Å². The Bertz CT molecular complexity index is 1550. The van der Waals surface area contributed by atoms with Crippen molar-refractivity contribution in [1.82, 2.24) is 15.0 Å². The van der Waals surface area contributed by atoms with Crippen LogP contribution in [0.15, 0.2) is 66.7 Å². The van der Waals surface area contributed by atoms with Crippen molar-refractivity contribution in [2.75, 3.05) is 0 Å². The molecule has 0 saturated heterocycles. The van der Waals surface area contributed by atoms with Crippen LogP contribution in [0.5, 0.6) is 0 Å². The van der Waals surface area contributed by atoms with Crippen molar-refractivity contribution >= 4 is 34.2 Å². The van der Waals surface area contributed by atoms with E-state index in [1.54, 1.807) is 0 Å². The predicted octanol–water partition coefficient (Wildman–Crippen LogP) is 7.55. The molecule has 156 valence electrons. The number of aromatic amines is 2. The van der Waals surface area contributed by atoms with Crippen LogP contribution >= 0.6 is 0 Å². The summed E-state index contributed by atoms with van der Waals surface area (Å²) >= 11 is 0. The zero-order chi connectivity index (χ0) is 21.7. The number of hydrogen-bond acceptors (Lipinski definition) is 1. The maximum atomic E-state index is 4.90. The third-order valence-electron chi connectivity index (χ3n) is 6.47. The Labute approximate surface area is 187 Å². The monoisotopic (exact) mass is 415 g/mol. The highest BCUT2D eigenvalue weighted by molar-refractivity contribution is 5.92. The molecule has 3 aromatic heterocycles. The van der Waals surface area contributed by atoms with Crippen molar-refractivity contribution in [3.05, 3.63) is 89.2 Å². The van der Waals surface area contributed by atoms with E-state index < -0.39 is 0 Å². The van der Waals surface area contributed by atoms with Gasteiger partial charge in [0.05, 0.1) is 11.4 Å². The van der Waals surface area contributed by atoms with Gasteiger partial charge in [-0.25, -0.2) is 4.98 Å². The molecule has 0 unspecified atom stereocenters. The first-order valence-corrected chi connectivity index (χ1v) is 11.4. The topological polar surface area (TPSA) is 44.5 Å². The number of H-pyrrole nitrogens is 2. The quantitative estimate of drug-likeness (QED) is 0.301. The molecule has 2 aliphatic rings. The van der Waals surface area contributed by atoms with Gasteiger partial charge in [0.1, 0.15) is 0 Å². The maximum Gasteiger partial charge on any atom is 0.0658 e. The van der Waals surface area contributed by atoms with Crippen molar-refractivity contribution in [2.24, 2.45) is 0 Å². The molecule has 0 atom stereocenters. The Kier molecular flexibility index (Phi) is 4.36. The molecule has 4 heterocycles. The summed E-state index contributed by atoms with van der Waals surface area (Å²) in [5, 5.41) is 0. The highest BCUT2D eigenvalue weighted by atomic mass is 14.7. The molecule has 32 heavy (non-hydrogen) atoms. The first-order chi connectivity index (χ1) is 15.7.